The Morgan fingerprint density at radius 1 is 1.24 bits per heavy atom. The highest BCUT2D eigenvalue weighted by molar-refractivity contribution is 5.93. The molecule has 0 bridgehead atoms. The third kappa shape index (κ3) is 2.52. The average Bonchev–Trinajstić information content (AvgIpc) is 3.01. The number of rotatable bonds is 1. The van der Waals surface area contributed by atoms with Crippen LogP contribution in [0.15, 0.2) is 18.3 Å². The van der Waals surface area contributed by atoms with E-state index in [0.717, 1.165) is 35.6 Å². The van der Waals surface area contributed by atoms with Crippen LogP contribution >= 0.6 is 0 Å². The van der Waals surface area contributed by atoms with Crippen LogP contribution in [0.3, 0.4) is 0 Å². The fraction of sp³-hybridized carbons (Fsp3) is 0.368. The fourth-order valence-electron chi connectivity index (χ4n) is 3.65. The van der Waals surface area contributed by atoms with Crippen LogP contribution in [0.4, 0.5) is 5.82 Å². The minimum Gasteiger partial charge on any atom is -0.359 e. The Bertz CT molecular complexity index is 915. The third-order valence-corrected chi connectivity index (χ3v) is 5.11. The Kier molecular flexibility index (Phi) is 3.65. The van der Waals surface area contributed by atoms with Crippen molar-refractivity contribution in [1.82, 2.24) is 14.9 Å². The molecule has 4 heterocycles. The molecule has 0 spiro atoms. The zero-order valence-electron chi connectivity index (χ0n) is 14.4. The molecule has 6 nitrogen and oxygen atoms in total. The van der Waals surface area contributed by atoms with Crippen molar-refractivity contribution in [2.75, 3.05) is 25.0 Å². The van der Waals surface area contributed by atoms with Gasteiger partial charge >= 0.3 is 0 Å². The number of carbonyl (C=O) groups excluding carboxylic acids is 1. The van der Waals surface area contributed by atoms with E-state index in [9.17, 15) is 10.1 Å². The van der Waals surface area contributed by atoms with Gasteiger partial charge < -0.3 is 9.80 Å². The first-order chi connectivity index (χ1) is 12.1. The molecule has 2 aliphatic heterocycles. The number of fused-ring (bicyclic) bond motifs is 2. The van der Waals surface area contributed by atoms with E-state index in [4.69, 9.17) is 0 Å². The van der Waals surface area contributed by atoms with Crippen molar-refractivity contribution in [1.29, 1.82) is 5.26 Å². The summed E-state index contributed by atoms with van der Waals surface area (Å²) in [5.41, 5.74) is 5.07. The van der Waals surface area contributed by atoms with E-state index in [1.807, 2.05) is 26.1 Å². The number of nitriles is 1. The smallest absolute Gasteiger partial charge is 0.272 e. The highest BCUT2D eigenvalue weighted by atomic mass is 16.2. The van der Waals surface area contributed by atoms with Gasteiger partial charge in [0, 0.05) is 32.9 Å². The summed E-state index contributed by atoms with van der Waals surface area (Å²) in [6.45, 7) is 3.86. The Labute approximate surface area is 146 Å². The molecule has 2 aromatic heterocycles. The maximum Gasteiger partial charge on any atom is 0.272 e. The van der Waals surface area contributed by atoms with Crippen LogP contribution < -0.4 is 4.90 Å². The normalized spacial score (nSPS) is 15.6. The van der Waals surface area contributed by atoms with E-state index in [0.29, 0.717) is 30.8 Å². The maximum atomic E-state index is 12.9. The number of pyridine rings is 2. The number of carbonyl (C=O) groups is 1. The number of anilines is 1. The first kappa shape index (κ1) is 15.6. The predicted molar refractivity (Wildman–Crippen MR) is 93.3 cm³/mol. The molecule has 0 radical (unpaired) electrons. The van der Waals surface area contributed by atoms with Gasteiger partial charge in [0.15, 0.2) is 0 Å². The maximum absolute atomic E-state index is 12.9. The van der Waals surface area contributed by atoms with Gasteiger partial charge in [0.25, 0.3) is 5.91 Å². The number of likely N-dealkylation sites (N-methyl/N-ethyl adjacent to an activating group) is 1. The van der Waals surface area contributed by atoms with Gasteiger partial charge in [-0.25, -0.2) is 4.98 Å². The summed E-state index contributed by atoms with van der Waals surface area (Å²) in [4.78, 5) is 25.7. The molecule has 2 aliphatic rings. The summed E-state index contributed by atoms with van der Waals surface area (Å²) in [5, 5.41) is 9.36. The van der Waals surface area contributed by atoms with Gasteiger partial charge in [0.1, 0.15) is 17.6 Å². The van der Waals surface area contributed by atoms with Gasteiger partial charge in [0.2, 0.25) is 0 Å². The molecule has 2 aromatic rings. The largest absolute Gasteiger partial charge is 0.359 e. The summed E-state index contributed by atoms with van der Waals surface area (Å²) in [7, 11) is 2.00. The molecular weight excluding hydrogens is 314 g/mol. The molecule has 0 saturated carbocycles. The molecule has 25 heavy (non-hydrogen) atoms. The highest BCUT2D eigenvalue weighted by Gasteiger charge is 2.27. The minimum atomic E-state index is -0.0622. The zero-order chi connectivity index (χ0) is 17.6. The number of aryl methyl sites for hydroxylation is 1. The molecular formula is C19H19N5O. The molecule has 1 amide bonds. The lowest BCUT2D eigenvalue weighted by atomic mass is 9.95. The molecule has 4 rings (SSSR count). The standard InChI is InChI=1S/C19H19N5O/c1-12-16(9-20)15-6-8-24(11-14(15)10-21-12)19(25)17-4-3-13-5-7-23(2)18(13)22-17/h3-4,10H,5-8,11H2,1-2H3. The summed E-state index contributed by atoms with van der Waals surface area (Å²) in [5.74, 6) is 0.847. The van der Waals surface area contributed by atoms with Crippen molar-refractivity contribution in [3.8, 4) is 6.07 Å². The van der Waals surface area contributed by atoms with Gasteiger partial charge in [0.05, 0.1) is 11.3 Å². The summed E-state index contributed by atoms with van der Waals surface area (Å²) >= 11 is 0. The number of nitrogens with zero attached hydrogens (tertiary/aromatic N) is 5. The molecule has 126 valence electrons. The lowest BCUT2D eigenvalue weighted by Gasteiger charge is -2.29. The summed E-state index contributed by atoms with van der Waals surface area (Å²) in [6, 6.07) is 6.08. The van der Waals surface area contributed by atoms with Gasteiger partial charge in [-0.2, -0.15) is 5.26 Å². The minimum absolute atomic E-state index is 0.0622. The molecule has 0 atom stereocenters. The topological polar surface area (TPSA) is 73.1 Å². The van der Waals surface area contributed by atoms with Crippen molar-refractivity contribution in [2.24, 2.45) is 0 Å². The van der Waals surface area contributed by atoms with E-state index in [1.54, 1.807) is 11.1 Å². The van der Waals surface area contributed by atoms with E-state index in [-0.39, 0.29) is 5.91 Å². The van der Waals surface area contributed by atoms with Gasteiger partial charge in [-0.3, -0.25) is 9.78 Å². The summed E-state index contributed by atoms with van der Waals surface area (Å²) < 4.78 is 0. The van der Waals surface area contributed by atoms with E-state index in [1.165, 1.54) is 5.56 Å². The van der Waals surface area contributed by atoms with Crippen molar-refractivity contribution in [2.45, 2.75) is 26.3 Å². The average molecular weight is 333 g/mol. The first-order valence-electron chi connectivity index (χ1n) is 8.46. The molecule has 0 N–H and O–H groups in total. The summed E-state index contributed by atoms with van der Waals surface area (Å²) in [6.07, 6.45) is 3.44. The quantitative estimate of drug-likeness (QED) is 0.796. The number of aromatic nitrogens is 2. The molecule has 0 saturated heterocycles. The Morgan fingerprint density at radius 3 is 2.88 bits per heavy atom. The van der Waals surface area contributed by atoms with Crippen LogP contribution in [-0.2, 0) is 19.4 Å². The number of hydrogen-bond acceptors (Lipinski definition) is 5. The Hall–Kier alpha value is -2.94. The van der Waals surface area contributed by atoms with E-state index >= 15 is 0 Å². The van der Waals surface area contributed by atoms with Gasteiger partial charge in [-0.15, -0.1) is 0 Å². The second kappa shape index (κ2) is 5.85. The third-order valence-electron chi connectivity index (χ3n) is 5.11. The monoisotopic (exact) mass is 333 g/mol. The molecule has 0 unspecified atom stereocenters. The Morgan fingerprint density at radius 2 is 2.08 bits per heavy atom. The predicted octanol–water partition coefficient (Wildman–Crippen LogP) is 1.85. The van der Waals surface area contributed by atoms with Crippen LogP contribution in [0.25, 0.3) is 0 Å². The van der Waals surface area contributed by atoms with Crippen LogP contribution in [0.5, 0.6) is 0 Å². The molecule has 0 fully saturated rings. The number of hydrogen-bond donors (Lipinski definition) is 0. The number of amides is 1. The van der Waals surface area contributed by atoms with E-state index in [2.05, 4.69) is 20.9 Å². The SMILES string of the molecule is Cc1ncc2c(c1C#N)CCN(C(=O)c1ccc3c(n1)N(C)CC3)C2. The van der Waals surface area contributed by atoms with Crippen molar-refractivity contribution in [3.63, 3.8) is 0 Å². The van der Waals surface area contributed by atoms with Crippen LogP contribution in [0, 0.1) is 18.3 Å². The van der Waals surface area contributed by atoms with E-state index < -0.39 is 0 Å². The van der Waals surface area contributed by atoms with Gasteiger partial charge in [-0.05, 0) is 42.5 Å². The second-order valence-electron chi connectivity index (χ2n) is 6.66. The van der Waals surface area contributed by atoms with Crippen LogP contribution in [0.1, 0.15) is 38.4 Å². The lowest BCUT2D eigenvalue weighted by molar-refractivity contribution is 0.0728. The van der Waals surface area contributed by atoms with Gasteiger partial charge in [-0.1, -0.05) is 6.07 Å². The molecule has 6 heteroatoms. The lowest BCUT2D eigenvalue weighted by Crippen LogP contribution is -2.37. The highest BCUT2D eigenvalue weighted by Crippen LogP contribution is 2.27. The molecule has 0 aliphatic carbocycles. The zero-order valence-corrected chi connectivity index (χ0v) is 14.4. The van der Waals surface area contributed by atoms with Crippen molar-refractivity contribution >= 4 is 11.7 Å². The van der Waals surface area contributed by atoms with Crippen molar-refractivity contribution < 1.29 is 4.79 Å². The van der Waals surface area contributed by atoms with Crippen molar-refractivity contribution in [3.05, 3.63) is 52.0 Å². The fourth-order valence-corrected chi connectivity index (χ4v) is 3.65. The second-order valence-corrected chi connectivity index (χ2v) is 6.66. The Balaban J connectivity index is 1.61. The van der Waals surface area contributed by atoms with Crippen LogP contribution in [0.2, 0.25) is 0 Å². The molecule has 0 aromatic carbocycles. The van der Waals surface area contributed by atoms with Crippen LogP contribution in [-0.4, -0.2) is 40.9 Å². The first-order valence-corrected chi connectivity index (χ1v) is 8.46.